The number of guanidine groups is 1. The monoisotopic (exact) mass is 500 g/mol. The highest BCUT2D eigenvalue weighted by atomic mass is 127. The van der Waals surface area contributed by atoms with Gasteiger partial charge >= 0.3 is 0 Å². The van der Waals surface area contributed by atoms with Crippen molar-refractivity contribution in [1.82, 2.24) is 15.4 Å². The fourth-order valence-electron chi connectivity index (χ4n) is 1.82. The lowest BCUT2D eigenvalue weighted by atomic mass is 10.4. The molecule has 1 atom stereocenters. The number of nitrogens with one attached hydrogen (secondary N) is 3. The summed E-state index contributed by atoms with van der Waals surface area (Å²) in [5, 5.41) is 6.65. The maximum Gasteiger partial charge on any atom is 0.211 e. The van der Waals surface area contributed by atoms with E-state index >= 15 is 0 Å². The molecule has 0 fully saturated rings. The van der Waals surface area contributed by atoms with E-state index in [2.05, 4.69) is 39.4 Å². The summed E-state index contributed by atoms with van der Waals surface area (Å²) in [6.45, 7) is 8.02. The van der Waals surface area contributed by atoms with Crippen LogP contribution in [0.5, 0.6) is 0 Å². The highest BCUT2D eigenvalue weighted by molar-refractivity contribution is 14.0. The zero-order valence-corrected chi connectivity index (χ0v) is 19.0. The molecule has 1 aromatic carbocycles. The van der Waals surface area contributed by atoms with Crippen molar-refractivity contribution in [2.75, 3.05) is 31.9 Å². The molecule has 0 bridgehead atoms. The molecule has 25 heavy (non-hydrogen) atoms. The number of sulfonamides is 1. The van der Waals surface area contributed by atoms with Crippen LogP contribution in [0.15, 0.2) is 40.2 Å². The SMILES string of the molecule is CCNC(=NCC(C)Sc1ccccc1)NCCNS(=O)(=O)CC.I. The average molecular weight is 500 g/mol. The Morgan fingerprint density at radius 1 is 1.16 bits per heavy atom. The van der Waals surface area contributed by atoms with E-state index in [0.29, 0.717) is 30.8 Å². The first-order valence-corrected chi connectivity index (χ1v) is 10.7. The molecule has 0 aliphatic heterocycles. The number of benzene rings is 1. The molecule has 0 aliphatic rings. The van der Waals surface area contributed by atoms with E-state index in [1.807, 2.05) is 25.1 Å². The second-order valence-corrected chi connectivity index (χ2v) is 8.79. The third kappa shape index (κ3) is 11.7. The van der Waals surface area contributed by atoms with Crippen LogP contribution in [0.4, 0.5) is 0 Å². The Balaban J connectivity index is 0.00000576. The minimum absolute atomic E-state index is 0. The zero-order chi connectivity index (χ0) is 17.8. The van der Waals surface area contributed by atoms with Gasteiger partial charge in [0.1, 0.15) is 0 Å². The van der Waals surface area contributed by atoms with E-state index in [0.717, 1.165) is 6.54 Å². The Morgan fingerprint density at radius 2 is 1.84 bits per heavy atom. The number of rotatable bonds is 10. The zero-order valence-electron chi connectivity index (χ0n) is 15.0. The first-order valence-electron chi connectivity index (χ1n) is 8.18. The summed E-state index contributed by atoms with van der Waals surface area (Å²) >= 11 is 1.78. The van der Waals surface area contributed by atoms with Crippen LogP contribution in [0.1, 0.15) is 20.8 Å². The molecule has 0 radical (unpaired) electrons. The molecule has 1 unspecified atom stereocenters. The van der Waals surface area contributed by atoms with E-state index in [1.54, 1.807) is 18.7 Å². The number of nitrogens with zero attached hydrogens (tertiary/aromatic N) is 1. The Labute approximate surface area is 173 Å². The Morgan fingerprint density at radius 3 is 2.44 bits per heavy atom. The van der Waals surface area contributed by atoms with Crippen molar-refractivity contribution in [3.8, 4) is 0 Å². The van der Waals surface area contributed by atoms with E-state index < -0.39 is 10.0 Å². The maximum atomic E-state index is 11.4. The lowest BCUT2D eigenvalue weighted by molar-refractivity contribution is 0.582. The molecule has 3 N–H and O–H groups in total. The van der Waals surface area contributed by atoms with Crippen LogP contribution in [-0.2, 0) is 10.0 Å². The van der Waals surface area contributed by atoms with Crippen LogP contribution < -0.4 is 15.4 Å². The molecule has 0 spiro atoms. The molecule has 144 valence electrons. The van der Waals surface area contributed by atoms with Gasteiger partial charge in [-0.3, -0.25) is 4.99 Å². The van der Waals surface area contributed by atoms with Crippen LogP contribution in [0, 0.1) is 0 Å². The second-order valence-electron chi connectivity index (χ2n) is 5.19. The fourth-order valence-corrected chi connectivity index (χ4v) is 3.36. The lowest BCUT2D eigenvalue weighted by Gasteiger charge is -2.13. The Kier molecular flexibility index (Phi) is 13.4. The first kappa shape index (κ1) is 24.5. The van der Waals surface area contributed by atoms with Gasteiger partial charge in [-0.05, 0) is 26.0 Å². The normalized spacial score (nSPS) is 13.0. The van der Waals surface area contributed by atoms with Gasteiger partial charge in [0.2, 0.25) is 10.0 Å². The van der Waals surface area contributed by atoms with E-state index in [1.165, 1.54) is 4.90 Å². The molecule has 9 heteroatoms. The van der Waals surface area contributed by atoms with Crippen LogP contribution in [-0.4, -0.2) is 51.6 Å². The summed E-state index contributed by atoms with van der Waals surface area (Å²) in [5.74, 6) is 0.795. The fraction of sp³-hybridized carbons (Fsp3) is 0.562. The molecule has 0 heterocycles. The van der Waals surface area contributed by atoms with Crippen molar-refractivity contribution >= 4 is 51.7 Å². The molecule has 0 amide bonds. The average Bonchev–Trinajstić information content (AvgIpc) is 2.57. The molecule has 1 rings (SSSR count). The van der Waals surface area contributed by atoms with Crippen LogP contribution in [0.2, 0.25) is 0 Å². The molecule has 0 saturated heterocycles. The van der Waals surface area contributed by atoms with Gasteiger partial charge in [0.25, 0.3) is 0 Å². The van der Waals surface area contributed by atoms with Gasteiger partial charge in [0.15, 0.2) is 5.96 Å². The summed E-state index contributed by atoms with van der Waals surface area (Å²) in [6, 6.07) is 10.2. The number of hydrogen-bond donors (Lipinski definition) is 3. The summed E-state index contributed by atoms with van der Waals surface area (Å²) < 4.78 is 25.3. The van der Waals surface area contributed by atoms with Crippen molar-refractivity contribution in [2.24, 2.45) is 4.99 Å². The maximum absolute atomic E-state index is 11.4. The van der Waals surface area contributed by atoms with Crippen LogP contribution in [0.3, 0.4) is 0 Å². The molecule has 1 aromatic rings. The Hall–Kier alpha value is -0.520. The number of thioether (sulfide) groups is 1. The van der Waals surface area contributed by atoms with Gasteiger partial charge in [-0.25, -0.2) is 13.1 Å². The Bertz CT molecular complexity index is 597. The van der Waals surface area contributed by atoms with Gasteiger partial charge < -0.3 is 10.6 Å². The lowest BCUT2D eigenvalue weighted by Crippen LogP contribution is -2.42. The van der Waals surface area contributed by atoms with Crippen molar-refractivity contribution in [1.29, 1.82) is 0 Å². The largest absolute Gasteiger partial charge is 0.357 e. The highest BCUT2D eigenvalue weighted by Gasteiger charge is 2.06. The predicted octanol–water partition coefficient (Wildman–Crippen LogP) is 2.28. The first-order chi connectivity index (χ1) is 11.5. The van der Waals surface area contributed by atoms with Crippen molar-refractivity contribution < 1.29 is 8.42 Å². The molecule has 0 aliphatic carbocycles. The van der Waals surface area contributed by atoms with Crippen molar-refractivity contribution in [2.45, 2.75) is 30.9 Å². The number of aliphatic imine (C=N–C) groups is 1. The summed E-state index contributed by atoms with van der Waals surface area (Å²) in [5.41, 5.74) is 0. The highest BCUT2D eigenvalue weighted by Crippen LogP contribution is 2.22. The minimum Gasteiger partial charge on any atom is -0.357 e. The molecular weight excluding hydrogens is 471 g/mol. The summed E-state index contributed by atoms with van der Waals surface area (Å²) in [4.78, 5) is 5.79. The van der Waals surface area contributed by atoms with Gasteiger partial charge in [0, 0.05) is 29.8 Å². The van der Waals surface area contributed by atoms with E-state index in [-0.39, 0.29) is 29.7 Å². The smallest absolute Gasteiger partial charge is 0.211 e. The molecule has 0 aromatic heterocycles. The summed E-state index contributed by atoms with van der Waals surface area (Å²) in [7, 11) is -3.14. The third-order valence-electron chi connectivity index (χ3n) is 3.05. The van der Waals surface area contributed by atoms with Crippen molar-refractivity contribution in [3.63, 3.8) is 0 Å². The second kappa shape index (κ2) is 13.7. The molecule has 6 nitrogen and oxygen atoms in total. The number of hydrogen-bond acceptors (Lipinski definition) is 4. The van der Waals surface area contributed by atoms with Gasteiger partial charge in [-0.1, -0.05) is 25.1 Å². The van der Waals surface area contributed by atoms with E-state index in [9.17, 15) is 8.42 Å². The minimum atomic E-state index is -3.14. The van der Waals surface area contributed by atoms with Crippen LogP contribution >= 0.6 is 35.7 Å². The number of halogens is 1. The van der Waals surface area contributed by atoms with Crippen molar-refractivity contribution in [3.05, 3.63) is 30.3 Å². The molecule has 0 saturated carbocycles. The van der Waals surface area contributed by atoms with Gasteiger partial charge in [-0.2, -0.15) is 0 Å². The third-order valence-corrected chi connectivity index (χ3v) is 5.55. The van der Waals surface area contributed by atoms with Gasteiger partial charge in [-0.15, -0.1) is 35.7 Å². The molecular formula is C16H29IN4O2S2. The van der Waals surface area contributed by atoms with E-state index in [4.69, 9.17) is 0 Å². The van der Waals surface area contributed by atoms with Crippen LogP contribution in [0.25, 0.3) is 0 Å². The predicted molar refractivity (Wildman–Crippen MR) is 119 cm³/mol. The quantitative estimate of drug-likeness (QED) is 0.151. The summed E-state index contributed by atoms with van der Waals surface area (Å²) in [6.07, 6.45) is 0. The standard InChI is InChI=1S/C16H28N4O2S2.HI/c1-4-17-16(18-11-12-20-24(21,22)5-2)19-13-14(3)23-15-9-7-6-8-10-15;/h6-10,14,20H,4-5,11-13H2,1-3H3,(H2,17,18,19);1H. The topological polar surface area (TPSA) is 82.6 Å². The van der Waals surface area contributed by atoms with Gasteiger partial charge in [0.05, 0.1) is 12.3 Å².